The number of nitrogens with one attached hydrogen (secondary N) is 1. The fourth-order valence-corrected chi connectivity index (χ4v) is 1.81. The van der Waals surface area contributed by atoms with E-state index >= 15 is 0 Å². The minimum Gasteiger partial charge on any atom is -0.314 e. The van der Waals surface area contributed by atoms with Crippen molar-refractivity contribution < 1.29 is 0 Å². The smallest absolute Gasteiger partial charge is 0.0521 e. The number of rotatable bonds is 5. The first-order valence-corrected chi connectivity index (χ1v) is 5.55. The number of nitrogens with zero attached hydrogens (tertiary/aromatic N) is 2. The average molecular weight is 193 g/mol. The zero-order valence-electron chi connectivity index (χ0n) is 8.87. The second-order valence-corrected chi connectivity index (χ2v) is 4.21. The quantitative estimate of drug-likeness (QED) is 0.718. The molecule has 1 aliphatic rings. The molecule has 0 spiro atoms. The topological polar surface area (TPSA) is 29.9 Å². The normalized spacial score (nSPS) is 16.9. The highest BCUT2D eigenvalue weighted by Crippen LogP contribution is 2.17. The van der Waals surface area contributed by atoms with Gasteiger partial charge in [0.25, 0.3) is 0 Å². The van der Waals surface area contributed by atoms with Crippen LogP contribution in [0.3, 0.4) is 0 Å². The lowest BCUT2D eigenvalue weighted by molar-refractivity contribution is 0.339. The van der Waals surface area contributed by atoms with Crippen LogP contribution in [0.4, 0.5) is 0 Å². The molecule has 3 heteroatoms. The minimum absolute atomic E-state index is 0.823. The molecule has 0 aromatic carbocycles. The maximum Gasteiger partial charge on any atom is 0.0521 e. The second kappa shape index (κ2) is 4.60. The summed E-state index contributed by atoms with van der Waals surface area (Å²) in [5.41, 5.74) is 1.35. The van der Waals surface area contributed by atoms with Crippen molar-refractivity contribution in [2.75, 3.05) is 6.54 Å². The number of hydrogen-bond donors (Lipinski definition) is 1. The van der Waals surface area contributed by atoms with Gasteiger partial charge in [-0.05, 0) is 37.8 Å². The van der Waals surface area contributed by atoms with Crippen LogP contribution in [0.15, 0.2) is 12.4 Å². The van der Waals surface area contributed by atoms with Gasteiger partial charge in [0.1, 0.15) is 0 Å². The summed E-state index contributed by atoms with van der Waals surface area (Å²) < 4.78 is 1.87. The van der Waals surface area contributed by atoms with E-state index in [0.29, 0.717) is 0 Å². The third kappa shape index (κ3) is 2.58. The van der Waals surface area contributed by atoms with Crippen LogP contribution < -0.4 is 5.32 Å². The third-order valence-corrected chi connectivity index (χ3v) is 2.94. The lowest BCUT2D eigenvalue weighted by atomic mass is 9.93. The van der Waals surface area contributed by atoms with Gasteiger partial charge in [-0.15, -0.1) is 0 Å². The summed E-state index contributed by atoms with van der Waals surface area (Å²) in [6.45, 7) is 1.15. The first-order chi connectivity index (χ1) is 6.84. The Bertz CT molecular complexity index is 276. The van der Waals surface area contributed by atoms with Gasteiger partial charge < -0.3 is 5.32 Å². The molecule has 0 unspecified atom stereocenters. The molecule has 1 heterocycles. The molecule has 3 nitrogen and oxygen atoms in total. The molecule has 1 saturated carbocycles. The fourth-order valence-electron chi connectivity index (χ4n) is 1.81. The van der Waals surface area contributed by atoms with Crippen LogP contribution in [0.5, 0.6) is 0 Å². The molecule has 2 rings (SSSR count). The van der Waals surface area contributed by atoms with Crippen molar-refractivity contribution in [3.05, 3.63) is 18.0 Å². The second-order valence-electron chi connectivity index (χ2n) is 4.21. The molecule has 1 fully saturated rings. The zero-order chi connectivity index (χ0) is 9.80. The third-order valence-electron chi connectivity index (χ3n) is 2.94. The molecule has 0 amide bonds. The molecule has 1 aromatic rings. The van der Waals surface area contributed by atoms with Gasteiger partial charge in [-0.2, -0.15) is 5.10 Å². The number of hydrogen-bond acceptors (Lipinski definition) is 2. The highest BCUT2D eigenvalue weighted by molar-refractivity contribution is 5.03. The Morgan fingerprint density at radius 3 is 3.00 bits per heavy atom. The Hall–Kier alpha value is -0.830. The van der Waals surface area contributed by atoms with E-state index < -0.39 is 0 Å². The first-order valence-electron chi connectivity index (χ1n) is 5.55. The van der Waals surface area contributed by atoms with Crippen molar-refractivity contribution in [1.29, 1.82) is 0 Å². The van der Waals surface area contributed by atoms with E-state index in [-0.39, 0.29) is 0 Å². The van der Waals surface area contributed by atoms with Gasteiger partial charge in [-0.25, -0.2) is 0 Å². The summed E-state index contributed by atoms with van der Waals surface area (Å²) in [4.78, 5) is 0. The van der Waals surface area contributed by atoms with Crippen LogP contribution in [0.25, 0.3) is 0 Å². The molecule has 1 N–H and O–H groups in total. The van der Waals surface area contributed by atoms with Crippen molar-refractivity contribution in [3.8, 4) is 0 Å². The lowest BCUT2D eigenvalue weighted by Gasteiger charge is -2.26. The summed E-state index contributed by atoms with van der Waals surface area (Å²) in [6.07, 6.45) is 10.6. The van der Waals surface area contributed by atoms with Crippen molar-refractivity contribution in [1.82, 2.24) is 15.1 Å². The van der Waals surface area contributed by atoms with Crippen molar-refractivity contribution >= 4 is 0 Å². The Kier molecular flexibility index (Phi) is 3.19. The van der Waals surface area contributed by atoms with Crippen LogP contribution in [0.2, 0.25) is 0 Å². The maximum absolute atomic E-state index is 4.15. The maximum atomic E-state index is 4.15. The van der Waals surface area contributed by atoms with Crippen LogP contribution in [-0.4, -0.2) is 22.4 Å². The van der Waals surface area contributed by atoms with Crippen LogP contribution in [0, 0.1) is 0 Å². The lowest BCUT2D eigenvalue weighted by Crippen LogP contribution is -2.35. The van der Waals surface area contributed by atoms with E-state index in [2.05, 4.69) is 16.6 Å². The van der Waals surface area contributed by atoms with Crippen molar-refractivity contribution in [2.24, 2.45) is 7.05 Å². The standard InChI is InChI=1S/C11H19N3/c1-14-9-10(8-13-14)4-3-7-12-11-5-2-6-11/h8-9,11-12H,2-7H2,1H3. The molecule has 14 heavy (non-hydrogen) atoms. The summed E-state index contributed by atoms with van der Waals surface area (Å²) in [5.74, 6) is 0. The molecule has 0 bridgehead atoms. The SMILES string of the molecule is Cn1cc(CCCNC2CCC2)cn1. The summed E-state index contributed by atoms with van der Waals surface area (Å²) in [7, 11) is 1.97. The van der Waals surface area contributed by atoms with Crippen molar-refractivity contribution in [3.63, 3.8) is 0 Å². The fraction of sp³-hybridized carbons (Fsp3) is 0.727. The average Bonchev–Trinajstić information content (AvgIpc) is 2.48. The van der Waals surface area contributed by atoms with E-state index in [1.165, 1.54) is 31.2 Å². The monoisotopic (exact) mass is 193 g/mol. The molecular formula is C11H19N3. The van der Waals surface area contributed by atoms with E-state index in [1.807, 2.05) is 17.9 Å². The van der Waals surface area contributed by atoms with E-state index in [1.54, 1.807) is 0 Å². The highest BCUT2D eigenvalue weighted by Gasteiger charge is 2.15. The predicted molar refractivity (Wildman–Crippen MR) is 57.2 cm³/mol. The predicted octanol–water partition coefficient (Wildman–Crippen LogP) is 1.49. The Morgan fingerprint density at radius 2 is 2.43 bits per heavy atom. The summed E-state index contributed by atoms with van der Waals surface area (Å²) >= 11 is 0. The van der Waals surface area contributed by atoms with Gasteiger partial charge in [0, 0.05) is 19.3 Å². The van der Waals surface area contributed by atoms with Crippen molar-refractivity contribution in [2.45, 2.75) is 38.1 Å². The van der Waals surface area contributed by atoms with Gasteiger partial charge in [-0.1, -0.05) is 6.42 Å². The van der Waals surface area contributed by atoms with Crippen LogP contribution in [-0.2, 0) is 13.5 Å². The molecule has 0 radical (unpaired) electrons. The van der Waals surface area contributed by atoms with E-state index in [0.717, 1.165) is 19.0 Å². The van der Waals surface area contributed by atoms with Gasteiger partial charge in [0.2, 0.25) is 0 Å². The van der Waals surface area contributed by atoms with Gasteiger partial charge in [0.15, 0.2) is 0 Å². The van der Waals surface area contributed by atoms with Gasteiger partial charge in [0.05, 0.1) is 6.20 Å². The van der Waals surface area contributed by atoms with Crippen LogP contribution >= 0.6 is 0 Å². The molecular weight excluding hydrogens is 174 g/mol. The molecule has 0 atom stereocenters. The zero-order valence-corrected chi connectivity index (χ0v) is 8.87. The molecule has 0 aliphatic heterocycles. The number of aryl methyl sites for hydroxylation is 2. The van der Waals surface area contributed by atoms with Crippen LogP contribution in [0.1, 0.15) is 31.2 Å². The van der Waals surface area contributed by atoms with Gasteiger partial charge >= 0.3 is 0 Å². The molecule has 1 aliphatic carbocycles. The molecule has 0 saturated heterocycles. The highest BCUT2D eigenvalue weighted by atomic mass is 15.2. The first kappa shape index (κ1) is 9.71. The van der Waals surface area contributed by atoms with Gasteiger partial charge in [-0.3, -0.25) is 4.68 Å². The largest absolute Gasteiger partial charge is 0.314 e. The Balaban J connectivity index is 1.58. The molecule has 78 valence electrons. The van der Waals surface area contributed by atoms with E-state index in [4.69, 9.17) is 0 Å². The van der Waals surface area contributed by atoms with E-state index in [9.17, 15) is 0 Å². The summed E-state index contributed by atoms with van der Waals surface area (Å²) in [6, 6.07) is 0.823. The Morgan fingerprint density at radius 1 is 1.57 bits per heavy atom. The number of aromatic nitrogens is 2. The summed E-state index contributed by atoms with van der Waals surface area (Å²) in [5, 5.41) is 7.72. The molecule has 1 aromatic heterocycles. The Labute approximate surface area is 85.5 Å². The minimum atomic E-state index is 0.823.